The summed E-state index contributed by atoms with van der Waals surface area (Å²) in [6.07, 6.45) is 6.09. The van der Waals surface area contributed by atoms with Crippen molar-refractivity contribution in [1.82, 2.24) is 0 Å². The molecular weight excluding hydrogens is 144 g/mol. The van der Waals surface area contributed by atoms with Gasteiger partial charge >= 0.3 is 0 Å². The number of rotatable bonds is 2. The van der Waals surface area contributed by atoms with E-state index in [1.807, 2.05) is 6.92 Å². The second kappa shape index (κ2) is 4.10. The molecule has 12 heavy (non-hydrogen) atoms. The van der Waals surface area contributed by atoms with E-state index in [2.05, 4.69) is 44.2 Å². The molecule has 0 heteroatoms. The average molecular weight is 159 g/mol. The van der Waals surface area contributed by atoms with Gasteiger partial charge < -0.3 is 0 Å². The Labute approximate surface area is 74.9 Å². The van der Waals surface area contributed by atoms with E-state index >= 15 is 0 Å². The third kappa shape index (κ3) is 2.54. The van der Waals surface area contributed by atoms with Crippen LogP contribution in [0.15, 0.2) is 24.3 Å². The van der Waals surface area contributed by atoms with Crippen molar-refractivity contribution in [2.75, 3.05) is 0 Å². The third-order valence-corrected chi connectivity index (χ3v) is 1.82. The molecule has 1 rings (SSSR count). The molecule has 0 bridgehead atoms. The van der Waals surface area contributed by atoms with Crippen LogP contribution in [0.25, 0.3) is 0 Å². The minimum atomic E-state index is 0.999. The molecule has 0 aliphatic carbocycles. The number of hydrogen-bond donors (Lipinski definition) is 0. The van der Waals surface area contributed by atoms with Gasteiger partial charge in [-0.25, -0.2) is 0 Å². The van der Waals surface area contributed by atoms with E-state index < -0.39 is 0 Å². The summed E-state index contributed by atoms with van der Waals surface area (Å²) in [6, 6.07) is 6.64. The summed E-state index contributed by atoms with van der Waals surface area (Å²) < 4.78 is 0. The second-order valence-corrected chi connectivity index (χ2v) is 3.19. The van der Waals surface area contributed by atoms with Crippen molar-refractivity contribution >= 4 is 0 Å². The molecule has 1 aromatic rings. The highest BCUT2D eigenvalue weighted by atomic mass is 14.0. The molecule has 1 radical (unpaired) electrons. The summed E-state index contributed by atoms with van der Waals surface area (Å²) in [6.45, 7) is 6.20. The summed E-state index contributed by atoms with van der Waals surface area (Å²) in [5.41, 5.74) is 4.06. The third-order valence-electron chi connectivity index (χ3n) is 1.82. The lowest BCUT2D eigenvalue weighted by Gasteiger charge is -2.01. The normalized spacial score (nSPS) is 10.9. The van der Waals surface area contributed by atoms with E-state index in [1.54, 1.807) is 0 Å². The van der Waals surface area contributed by atoms with Gasteiger partial charge in [-0.15, -0.1) is 0 Å². The summed E-state index contributed by atoms with van der Waals surface area (Å²) in [4.78, 5) is 0. The molecule has 0 aliphatic rings. The number of allylic oxidation sites excluding steroid dienone is 2. The fourth-order valence-corrected chi connectivity index (χ4v) is 1.41. The maximum Gasteiger partial charge on any atom is -0.00914 e. The molecule has 0 spiro atoms. The van der Waals surface area contributed by atoms with Crippen LogP contribution in [0.2, 0.25) is 0 Å². The van der Waals surface area contributed by atoms with Crippen LogP contribution in [-0.4, -0.2) is 0 Å². The second-order valence-electron chi connectivity index (χ2n) is 3.19. The molecule has 0 unspecified atom stereocenters. The van der Waals surface area contributed by atoms with Crippen molar-refractivity contribution in [3.05, 3.63) is 47.0 Å². The highest BCUT2D eigenvalue weighted by Gasteiger charge is 1.92. The van der Waals surface area contributed by atoms with Crippen molar-refractivity contribution in [1.29, 1.82) is 0 Å². The van der Waals surface area contributed by atoms with Crippen molar-refractivity contribution < 1.29 is 0 Å². The zero-order valence-electron chi connectivity index (χ0n) is 8.02. The molecule has 0 aromatic heterocycles. The summed E-state index contributed by atoms with van der Waals surface area (Å²) in [7, 11) is 0. The fourth-order valence-electron chi connectivity index (χ4n) is 1.41. The largest absolute Gasteiger partial charge is 0.0769 e. The van der Waals surface area contributed by atoms with E-state index in [-0.39, 0.29) is 0 Å². The Hall–Kier alpha value is -1.04. The molecule has 0 N–H and O–H groups in total. The summed E-state index contributed by atoms with van der Waals surface area (Å²) in [5, 5.41) is 0. The lowest BCUT2D eigenvalue weighted by atomic mass is 10.1. The standard InChI is InChI=1S/C12H15/c1-4-5-6-12-8-10(2)7-11(3)9-12/h5,7-9H,6H2,1-3H3. The molecule has 1 aromatic carbocycles. The zero-order valence-corrected chi connectivity index (χ0v) is 8.02. The first kappa shape index (κ1) is 9.05. The summed E-state index contributed by atoms with van der Waals surface area (Å²) >= 11 is 0. The lowest BCUT2D eigenvalue weighted by Crippen LogP contribution is -1.84. The predicted octanol–water partition coefficient (Wildman–Crippen LogP) is 3.23. The van der Waals surface area contributed by atoms with Gasteiger partial charge in [0.25, 0.3) is 0 Å². The smallest absolute Gasteiger partial charge is 0.00914 e. The van der Waals surface area contributed by atoms with Crippen molar-refractivity contribution in [3.8, 4) is 0 Å². The van der Waals surface area contributed by atoms with Gasteiger partial charge in [0.2, 0.25) is 0 Å². The topological polar surface area (TPSA) is 0 Å². The maximum absolute atomic E-state index is 3.03. The molecule has 0 aliphatic heterocycles. The number of benzene rings is 1. The minimum Gasteiger partial charge on any atom is -0.0769 e. The fraction of sp³-hybridized carbons (Fsp3) is 0.333. The molecular formula is C12H15. The quantitative estimate of drug-likeness (QED) is 0.621. The van der Waals surface area contributed by atoms with Crippen LogP contribution in [-0.2, 0) is 6.42 Å². The van der Waals surface area contributed by atoms with E-state index in [1.165, 1.54) is 16.7 Å². The first-order chi connectivity index (χ1) is 5.72. The van der Waals surface area contributed by atoms with Crippen molar-refractivity contribution in [2.24, 2.45) is 0 Å². The van der Waals surface area contributed by atoms with E-state index in [4.69, 9.17) is 0 Å². The Morgan fingerprint density at radius 3 is 2.25 bits per heavy atom. The van der Waals surface area contributed by atoms with Crippen LogP contribution in [0, 0.1) is 19.9 Å². The van der Waals surface area contributed by atoms with Gasteiger partial charge in [-0.05, 0) is 32.8 Å². The van der Waals surface area contributed by atoms with E-state index in [0.717, 1.165) is 6.42 Å². The number of hydrogen-bond acceptors (Lipinski definition) is 0. The Morgan fingerprint density at radius 2 is 1.75 bits per heavy atom. The van der Waals surface area contributed by atoms with Crippen LogP contribution in [0.4, 0.5) is 0 Å². The Kier molecular flexibility index (Phi) is 3.09. The van der Waals surface area contributed by atoms with Gasteiger partial charge in [-0.3, -0.25) is 0 Å². The molecule has 0 fully saturated rings. The molecule has 0 atom stereocenters. The SMILES string of the molecule is C/[C]=C/Cc1cc(C)cc(C)c1. The van der Waals surface area contributed by atoms with E-state index in [0.29, 0.717) is 0 Å². The van der Waals surface area contributed by atoms with Gasteiger partial charge in [0, 0.05) is 0 Å². The van der Waals surface area contributed by atoms with Crippen molar-refractivity contribution in [3.63, 3.8) is 0 Å². The first-order valence-corrected chi connectivity index (χ1v) is 4.28. The molecule has 0 amide bonds. The lowest BCUT2D eigenvalue weighted by molar-refractivity contribution is 1.21. The van der Waals surface area contributed by atoms with Crippen molar-refractivity contribution in [2.45, 2.75) is 27.2 Å². The molecule has 0 saturated carbocycles. The van der Waals surface area contributed by atoms with Gasteiger partial charge in [0.15, 0.2) is 0 Å². The van der Waals surface area contributed by atoms with Crippen LogP contribution in [0.1, 0.15) is 23.6 Å². The highest BCUT2D eigenvalue weighted by Crippen LogP contribution is 2.09. The first-order valence-electron chi connectivity index (χ1n) is 4.28. The zero-order chi connectivity index (χ0) is 8.97. The Bertz CT molecular complexity index is 262. The van der Waals surface area contributed by atoms with Gasteiger partial charge in [-0.2, -0.15) is 0 Å². The monoisotopic (exact) mass is 159 g/mol. The molecule has 0 nitrogen and oxygen atoms in total. The minimum absolute atomic E-state index is 0.999. The predicted molar refractivity (Wildman–Crippen MR) is 53.1 cm³/mol. The average Bonchev–Trinajstić information content (AvgIpc) is 1.99. The van der Waals surface area contributed by atoms with Crippen LogP contribution >= 0.6 is 0 Å². The maximum atomic E-state index is 3.03. The van der Waals surface area contributed by atoms with Crippen LogP contribution in [0.5, 0.6) is 0 Å². The van der Waals surface area contributed by atoms with Gasteiger partial charge in [-0.1, -0.05) is 41.5 Å². The van der Waals surface area contributed by atoms with Crippen LogP contribution in [0.3, 0.4) is 0 Å². The van der Waals surface area contributed by atoms with Gasteiger partial charge in [0.05, 0.1) is 0 Å². The number of aryl methyl sites for hydroxylation is 2. The Morgan fingerprint density at radius 1 is 1.17 bits per heavy atom. The molecule has 0 saturated heterocycles. The van der Waals surface area contributed by atoms with Crippen LogP contribution < -0.4 is 0 Å². The van der Waals surface area contributed by atoms with Gasteiger partial charge in [0.1, 0.15) is 0 Å². The molecule has 0 heterocycles. The Balaban J connectivity index is 2.85. The summed E-state index contributed by atoms with van der Waals surface area (Å²) in [5.74, 6) is 0. The molecule has 63 valence electrons. The highest BCUT2D eigenvalue weighted by molar-refractivity contribution is 5.29. The van der Waals surface area contributed by atoms with E-state index in [9.17, 15) is 0 Å².